The monoisotopic (exact) mass is 332 g/mol. The van der Waals surface area contributed by atoms with Crippen LogP contribution in [-0.2, 0) is 23.1 Å². The first kappa shape index (κ1) is 15.5. The van der Waals surface area contributed by atoms with Gasteiger partial charge in [0, 0.05) is 0 Å². The van der Waals surface area contributed by atoms with Crippen molar-refractivity contribution in [2.24, 2.45) is 5.41 Å². The number of carbonyl (C=O) groups is 1. The number of hydrogen-bond acceptors (Lipinski definition) is 1. The Labute approximate surface area is 103 Å². The van der Waals surface area contributed by atoms with Gasteiger partial charge in [0.1, 0.15) is 0 Å². The molecule has 0 heterocycles. The van der Waals surface area contributed by atoms with Crippen molar-refractivity contribution in [2.75, 3.05) is 0 Å². The molecule has 0 aliphatic heterocycles. The molecule has 0 rings (SSSR count). The van der Waals surface area contributed by atoms with Crippen molar-refractivity contribution in [1.29, 1.82) is 0 Å². The minimum Gasteiger partial charge on any atom is -1.00 e. The molecule has 0 bridgehead atoms. The van der Waals surface area contributed by atoms with E-state index < -0.39 is 0 Å². The molecule has 0 amide bonds. The van der Waals surface area contributed by atoms with Gasteiger partial charge in [-0.15, -0.1) is 0 Å². The van der Waals surface area contributed by atoms with E-state index in [0.717, 1.165) is 12.8 Å². The Kier molecular flexibility index (Phi) is 9.59. The summed E-state index contributed by atoms with van der Waals surface area (Å²) in [5.41, 5.74) is -0.121. The summed E-state index contributed by atoms with van der Waals surface area (Å²) in [6.45, 7) is 5.99. The fourth-order valence-corrected chi connectivity index (χ4v) is 1.58. The maximum Gasteiger partial charge on any atom is -1.00 e. The van der Waals surface area contributed by atoms with Crippen LogP contribution in [0.4, 0.5) is 0 Å². The van der Waals surface area contributed by atoms with Crippen LogP contribution in [0.5, 0.6) is 0 Å². The van der Waals surface area contributed by atoms with Gasteiger partial charge in [-0.1, -0.05) is 0 Å². The van der Waals surface area contributed by atoms with Crippen LogP contribution in [0.15, 0.2) is 0 Å². The van der Waals surface area contributed by atoms with Crippen molar-refractivity contribution >= 4 is 5.78 Å². The summed E-state index contributed by atoms with van der Waals surface area (Å²) in [6.07, 6.45) is 3.11. The molecule has 12 heavy (non-hydrogen) atoms. The molecule has 0 saturated heterocycles. The van der Waals surface area contributed by atoms with E-state index in [1.54, 1.807) is 0 Å². The molecule has 3 heteroatoms. The van der Waals surface area contributed by atoms with Gasteiger partial charge in [-0.3, -0.25) is 0 Å². The molecule has 0 aromatic rings. The maximum absolute atomic E-state index is 11.3. The number of halogens is 1. The van der Waals surface area contributed by atoms with E-state index in [0.29, 0.717) is 5.78 Å². The van der Waals surface area contributed by atoms with Gasteiger partial charge in [0.25, 0.3) is 0 Å². The van der Waals surface area contributed by atoms with E-state index in [4.69, 9.17) is 0 Å². The zero-order chi connectivity index (χ0) is 8.91. The Morgan fingerprint density at radius 2 is 1.75 bits per heavy atom. The van der Waals surface area contributed by atoms with Crippen LogP contribution >= 0.6 is 0 Å². The summed E-state index contributed by atoms with van der Waals surface area (Å²) >= 11 is 1.36. The fraction of sp³-hybridized carbons (Fsp3) is 0.889. The van der Waals surface area contributed by atoms with E-state index in [9.17, 15) is 4.79 Å². The third-order valence-electron chi connectivity index (χ3n) is 1.74. The van der Waals surface area contributed by atoms with Crippen molar-refractivity contribution < 1.29 is 47.1 Å². The Morgan fingerprint density at radius 1 is 1.25 bits per heavy atom. The predicted molar refractivity (Wildman–Crippen MR) is 43.1 cm³/mol. The first-order valence-corrected chi connectivity index (χ1v) is 6.41. The Hall–Kier alpha value is 1.02. The van der Waals surface area contributed by atoms with Crippen LogP contribution in [0.1, 0.15) is 40.0 Å². The standard InChI is InChI=1S/C9H17O.HI.Zn/c1-5-6-7-8(10)9(2,3)4;;/h1,5-7H2,2-4H3;1H;/q;;+1/p-1. The van der Waals surface area contributed by atoms with Gasteiger partial charge in [-0.25, -0.2) is 0 Å². The molecule has 0 radical (unpaired) electrons. The Morgan fingerprint density at radius 3 is 2.08 bits per heavy atom. The molecular weight excluding hydrogens is 316 g/mol. The molecule has 0 aliphatic carbocycles. The number of ketones is 1. The third-order valence-corrected chi connectivity index (χ3v) is 2.79. The summed E-state index contributed by atoms with van der Waals surface area (Å²) in [4.78, 5) is 11.3. The summed E-state index contributed by atoms with van der Waals surface area (Å²) in [5.74, 6) is 0.408. The SMILES string of the molecule is CC(C)(C)C(=O)CCC[CH2][Zn+].[I-]. The van der Waals surface area contributed by atoms with Crippen molar-refractivity contribution in [1.82, 2.24) is 0 Å². The van der Waals surface area contributed by atoms with E-state index in [2.05, 4.69) is 0 Å². The predicted octanol–water partition coefficient (Wildman–Crippen LogP) is -0.259. The minimum absolute atomic E-state index is 0. The van der Waals surface area contributed by atoms with Gasteiger partial charge >= 0.3 is 79.3 Å². The largest absolute Gasteiger partial charge is 1.00 e. The second kappa shape index (κ2) is 7.43. The van der Waals surface area contributed by atoms with E-state index in [1.807, 2.05) is 20.8 Å². The quantitative estimate of drug-likeness (QED) is 0.394. The second-order valence-corrected chi connectivity index (χ2v) is 5.47. The van der Waals surface area contributed by atoms with Crippen LogP contribution in [0, 0.1) is 5.41 Å². The van der Waals surface area contributed by atoms with E-state index in [1.165, 1.54) is 29.7 Å². The van der Waals surface area contributed by atoms with Crippen molar-refractivity contribution in [3.63, 3.8) is 0 Å². The normalized spacial score (nSPS) is 10.8. The molecule has 0 atom stereocenters. The molecule has 0 fully saturated rings. The summed E-state index contributed by atoms with van der Waals surface area (Å²) in [6, 6.07) is 0. The van der Waals surface area contributed by atoms with Crippen LogP contribution < -0.4 is 24.0 Å². The molecule has 0 aromatic heterocycles. The molecule has 68 valence electrons. The number of hydrogen-bond donors (Lipinski definition) is 0. The number of carbonyl (C=O) groups excluding carboxylic acids is 1. The Balaban J connectivity index is 0. The topological polar surface area (TPSA) is 17.1 Å². The van der Waals surface area contributed by atoms with Gasteiger partial charge in [-0.05, 0) is 0 Å². The second-order valence-electron chi connectivity index (χ2n) is 3.98. The fourth-order valence-electron chi connectivity index (χ4n) is 0.837. The molecule has 1 nitrogen and oxygen atoms in total. The molecular formula is C9H17IOZn. The van der Waals surface area contributed by atoms with Gasteiger partial charge in [0.05, 0.1) is 0 Å². The molecule has 0 unspecified atom stereocenters. The first-order valence-electron chi connectivity index (χ1n) is 4.31. The third kappa shape index (κ3) is 7.66. The zero-order valence-electron chi connectivity index (χ0n) is 8.32. The first-order chi connectivity index (χ1) is 4.98. The Bertz CT molecular complexity index is 129. The van der Waals surface area contributed by atoms with Crippen LogP contribution in [0.25, 0.3) is 0 Å². The minimum atomic E-state index is -0.121. The van der Waals surface area contributed by atoms with Crippen molar-refractivity contribution in [2.45, 2.75) is 45.0 Å². The average Bonchev–Trinajstić information content (AvgIpc) is 1.86. The smallest absolute Gasteiger partial charge is 1.00 e. The van der Waals surface area contributed by atoms with Gasteiger partial charge < -0.3 is 24.0 Å². The number of Topliss-reactive ketones (excluding diaryl/α,β-unsaturated/α-hetero) is 1. The molecule has 0 N–H and O–H groups in total. The summed E-state index contributed by atoms with van der Waals surface area (Å²) in [7, 11) is 0. The average molecular weight is 334 g/mol. The van der Waals surface area contributed by atoms with E-state index in [-0.39, 0.29) is 29.4 Å². The molecule has 0 aromatic carbocycles. The molecule has 0 spiro atoms. The molecule has 0 aliphatic rings. The van der Waals surface area contributed by atoms with Crippen molar-refractivity contribution in [3.05, 3.63) is 0 Å². The van der Waals surface area contributed by atoms with Gasteiger partial charge in [0.2, 0.25) is 0 Å². The number of rotatable bonds is 4. The van der Waals surface area contributed by atoms with Crippen LogP contribution in [0.2, 0.25) is 5.02 Å². The van der Waals surface area contributed by atoms with E-state index >= 15 is 0 Å². The van der Waals surface area contributed by atoms with Crippen molar-refractivity contribution in [3.8, 4) is 0 Å². The van der Waals surface area contributed by atoms with Gasteiger partial charge in [-0.2, -0.15) is 0 Å². The van der Waals surface area contributed by atoms with Gasteiger partial charge in [0.15, 0.2) is 0 Å². The zero-order valence-corrected chi connectivity index (χ0v) is 13.4. The summed E-state index contributed by atoms with van der Waals surface area (Å²) < 4.78 is 0. The van der Waals surface area contributed by atoms with Crippen LogP contribution in [0.3, 0.4) is 0 Å². The summed E-state index contributed by atoms with van der Waals surface area (Å²) in [5, 5.41) is 1.32. The molecule has 0 saturated carbocycles. The number of unbranched alkanes of at least 4 members (excludes halogenated alkanes) is 1. The van der Waals surface area contributed by atoms with Crippen LogP contribution in [-0.4, -0.2) is 5.78 Å². The maximum atomic E-state index is 11.3.